The molecule has 1 heterocycles. The van der Waals surface area contributed by atoms with Crippen molar-refractivity contribution in [3.05, 3.63) is 23.1 Å². The van der Waals surface area contributed by atoms with Gasteiger partial charge in [-0.1, -0.05) is 53.5 Å². The summed E-state index contributed by atoms with van der Waals surface area (Å²) in [7, 11) is 6.00. The summed E-state index contributed by atoms with van der Waals surface area (Å²) >= 11 is 1.49. The highest BCUT2D eigenvalue weighted by molar-refractivity contribution is 7.21. The monoisotopic (exact) mass is 391 g/mol. The van der Waals surface area contributed by atoms with Crippen molar-refractivity contribution in [2.45, 2.75) is 53.9 Å². The number of hydrogen-bond donors (Lipinski definition) is 0. The molecular weight excluding hydrogens is 354 g/mol. The number of fused-ring (bicyclic) bond motifs is 1. The minimum absolute atomic E-state index is 0.681. The summed E-state index contributed by atoms with van der Waals surface area (Å²) in [6.45, 7) is 11.4. The van der Waals surface area contributed by atoms with Gasteiger partial charge in [-0.15, -0.1) is 11.3 Å². The normalized spacial score (nSPS) is 10.1. The number of carbonyl (C=O) groups excluding carboxylic acids is 1. The van der Waals surface area contributed by atoms with Crippen molar-refractivity contribution in [3.63, 3.8) is 0 Å². The van der Waals surface area contributed by atoms with Crippen molar-refractivity contribution in [2.24, 2.45) is 4.99 Å². The lowest BCUT2D eigenvalue weighted by atomic mass is 10.1. The molecule has 5 heteroatoms. The summed E-state index contributed by atoms with van der Waals surface area (Å²) in [6.07, 6.45) is 6.41. The number of nitrogens with zero attached hydrogens (tertiary/aromatic N) is 3. The molecule has 0 radical (unpaired) electrons. The number of hydrogen-bond acceptors (Lipinski definition) is 4. The maximum atomic E-state index is 11.4. The molecule has 2 rings (SSSR count). The van der Waals surface area contributed by atoms with Crippen LogP contribution < -0.4 is 4.90 Å². The van der Waals surface area contributed by atoms with Crippen LogP contribution in [0.15, 0.2) is 23.2 Å². The molecule has 152 valence electrons. The molecule has 4 nitrogen and oxygen atoms in total. The zero-order chi connectivity index (χ0) is 20.8. The SMILES string of the molecule is CC.CCCC.CCCN(C)C=Nc1c(C=O)sc2cccc(N(C)C)c12. The second kappa shape index (κ2) is 14.2. The Morgan fingerprint density at radius 2 is 1.67 bits per heavy atom. The number of unbranched alkanes of at least 4 members (excludes halogenated alkanes) is 1. The molecule has 0 spiro atoms. The first-order valence-corrected chi connectivity index (χ1v) is 10.7. The maximum Gasteiger partial charge on any atom is 0.162 e. The fourth-order valence-electron chi connectivity index (χ4n) is 2.28. The van der Waals surface area contributed by atoms with E-state index in [1.807, 2.05) is 58.4 Å². The van der Waals surface area contributed by atoms with Crippen molar-refractivity contribution in [2.75, 3.05) is 32.6 Å². The molecule has 0 N–H and O–H groups in total. The van der Waals surface area contributed by atoms with Gasteiger partial charge in [0.1, 0.15) is 0 Å². The zero-order valence-corrected chi connectivity index (χ0v) is 19.2. The van der Waals surface area contributed by atoms with Gasteiger partial charge in [0.05, 0.1) is 16.9 Å². The molecule has 27 heavy (non-hydrogen) atoms. The third-order valence-corrected chi connectivity index (χ3v) is 4.81. The highest BCUT2D eigenvalue weighted by atomic mass is 32.1. The molecule has 0 fully saturated rings. The molecule has 0 saturated heterocycles. The van der Waals surface area contributed by atoms with Gasteiger partial charge < -0.3 is 9.80 Å². The van der Waals surface area contributed by atoms with E-state index < -0.39 is 0 Å². The molecule has 0 bridgehead atoms. The van der Waals surface area contributed by atoms with Gasteiger partial charge in [-0.05, 0) is 18.6 Å². The lowest BCUT2D eigenvalue weighted by molar-refractivity contribution is 0.112. The molecule has 1 aromatic heterocycles. The predicted octanol–water partition coefficient (Wildman–Crippen LogP) is 6.61. The van der Waals surface area contributed by atoms with E-state index in [-0.39, 0.29) is 0 Å². The summed E-state index contributed by atoms with van der Waals surface area (Å²) in [6, 6.07) is 6.10. The third kappa shape index (κ3) is 7.71. The van der Waals surface area contributed by atoms with Crippen LogP contribution in [0.4, 0.5) is 11.4 Å². The van der Waals surface area contributed by atoms with Crippen LogP contribution in [0, 0.1) is 0 Å². The van der Waals surface area contributed by atoms with Crippen LogP contribution in [0.1, 0.15) is 63.6 Å². The van der Waals surface area contributed by atoms with Gasteiger partial charge in [-0.3, -0.25) is 4.79 Å². The standard InChI is InChI=1S/C16H21N3OS.C4H10.C2H6/c1-5-9-19(4)11-17-16-14(10-20)21-13-8-6-7-12(15(13)16)18(2)3;1-3-4-2;1-2/h6-8,10-11H,5,9H2,1-4H3;3-4H2,1-2H3;1-2H3. The van der Waals surface area contributed by atoms with Gasteiger partial charge in [0.25, 0.3) is 0 Å². The second-order valence-electron chi connectivity index (χ2n) is 6.20. The Morgan fingerprint density at radius 1 is 1.04 bits per heavy atom. The Hall–Kier alpha value is -1.88. The number of aldehydes is 1. The van der Waals surface area contributed by atoms with Crippen LogP contribution in [-0.4, -0.2) is 45.2 Å². The van der Waals surface area contributed by atoms with E-state index in [0.29, 0.717) is 4.88 Å². The second-order valence-corrected chi connectivity index (χ2v) is 7.29. The van der Waals surface area contributed by atoms with Gasteiger partial charge in [-0.25, -0.2) is 4.99 Å². The molecule has 0 aliphatic heterocycles. The van der Waals surface area contributed by atoms with Crippen molar-refractivity contribution < 1.29 is 4.79 Å². The van der Waals surface area contributed by atoms with Crippen LogP contribution in [0.25, 0.3) is 10.1 Å². The topological polar surface area (TPSA) is 35.9 Å². The van der Waals surface area contributed by atoms with E-state index in [2.05, 4.69) is 36.7 Å². The Bertz CT molecular complexity index is 690. The predicted molar refractivity (Wildman–Crippen MR) is 125 cm³/mol. The Kier molecular flexibility index (Phi) is 13.2. The molecule has 0 atom stereocenters. The molecule has 0 amide bonds. The van der Waals surface area contributed by atoms with Crippen LogP contribution in [0.5, 0.6) is 0 Å². The highest BCUT2D eigenvalue weighted by Gasteiger charge is 2.15. The molecule has 0 aliphatic carbocycles. The number of benzene rings is 1. The minimum atomic E-state index is 0.681. The molecular formula is C22H37N3OS. The Morgan fingerprint density at radius 3 is 2.15 bits per heavy atom. The lowest BCUT2D eigenvalue weighted by Crippen LogP contribution is -2.16. The molecule has 0 saturated carbocycles. The van der Waals surface area contributed by atoms with Gasteiger partial charge in [-0.2, -0.15) is 0 Å². The van der Waals surface area contributed by atoms with Gasteiger partial charge in [0.2, 0.25) is 0 Å². The fourth-order valence-corrected chi connectivity index (χ4v) is 3.27. The smallest absolute Gasteiger partial charge is 0.162 e. The van der Waals surface area contributed by atoms with Crippen LogP contribution >= 0.6 is 11.3 Å². The third-order valence-electron chi connectivity index (χ3n) is 3.74. The summed E-state index contributed by atoms with van der Waals surface area (Å²) in [4.78, 5) is 20.7. The molecule has 2 aromatic rings. The van der Waals surface area contributed by atoms with Gasteiger partial charge >= 0.3 is 0 Å². The number of aliphatic imine (C=N–C) groups is 1. The summed E-state index contributed by atoms with van der Waals surface area (Å²) in [5, 5.41) is 1.05. The summed E-state index contributed by atoms with van der Waals surface area (Å²) in [5.41, 5.74) is 1.86. The zero-order valence-electron chi connectivity index (χ0n) is 18.4. The quantitative estimate of drug-likeness (QED) is 0.302. The van der Waals surface area contributed by atoms with E-state index in [1.54, 1.807) is 0 Å². The number of thiophene rings is 1. The van der Waals surface area contributed by atoms with Crippen LogP contribution in [0.2, 0.25) is 0 Å². The van der Waals surface area contributed by atoms with E-state index >= 15 is 0 Å². The minimum Gasteiger partial charge on any atom is -0.377 e. The first-order valence-electron chi connectivity index (χ1n) is 9.92. The largest absolute Gasteiger partial charge is 0.377 e. The average Bonchev–Trinajstić information content (AvgIpc) is 3.06. The maximum absolute atomic E-state index is 11.4. The van der Waals surface area contributed by atoms with E-state index in [0.717, 1.165) is 40.7 Å². The van der Waals surface area contributed by atoms with E-state index in [9.17, 15) is 4.79 Å². The molecule has 0 aliphatic rings. The number of rotatable bonds is 7. The van der Waals surface area contributed by atoms with Crippen LogP contribution in [0.3, 0.4) is 0 Å². The Labute approximate surface area is 169 Å². The first kappa shape index (κ1) is 25.1. The van der Waals surface area contributed by atoms with Crippen molar-refractivity contribution in [3.8, 4) is 0 Å². The van der Waals surface area contributed by atoms with Crippen molar-refractivity contribution in [1.82, 2.24) is 4.90 Å². The van der Waals surface area contributed by atoms with Crippen molar-refractivity contribution >= 4 is 45.4 Å². The van der Waals surface area contributed by atoms with Crippen LogP contribution in [-0.2, 0) is 0 Å². The average molecular weight is 392 g/mol. The van der Waals surface area contributed by atoms with Crippen molar-refractivity contribution in [1.29, 1.82) is 0 Å². The molecule has 1 aromatic carbocycles. The summed E-state index contributed by atoms with van der Waals surface area (Å²) < 4.78 is 1.09. The van der Waals surface area contributed by atoms with E-state index in [1.165, 1.54) is 24.2 Å². The van der Waals surface area contributed by atoms with Gasteiger partial charge in [0, 0.05) is 43.5 Å². The van der Waals surface area contributed by atoms with Gasteiger partial charge in [0.15, 0.2) is 6.29 Å². The fraction of sp³-hybridized carbons (Fsp3) is 0.545. The Balaban J connectivity index is 0.000000998. The van der Waals surface area contributed by atoms with E-state index in [4.69, 9.17) is 0 Å². The number of anilines is 1. The highest BCUT2D eigenvalue weighted by Crippen LogP contribution is 2.41. The number of carbonyl (C=O) groups is 1. The first-order chi connectivity index (χ1) is 13.0. The molecule has 0 unspecified atom stereocenters. The lowest BCUT2D eigenvalue weighted by Gasteiger charge is -2.14. The summed E-state index contributed by atoms with van der Waals surface area (Å²) in [5.74, 6) is 0.